The highest BCUT2D eigenvalue weighted by Gasteiger charge is 2.18. The van der Waals surface area contributed by atoms with Crippen molar-refractivity contribution in [3.8, 4) is 0 Å². The van der Waals surface area contributed by atoms with E-state index in [4.69, 9.17) is 20.3 Å². The molecule has 0 aliphatic heterocycles. The molecule has 0 heterocycles. The molecule has 0 radical (unpaired) electrons. The minimum atomic E-state index is -2.05. The van der Waals surface area contributed by atoms with Crippen molar-refractivity contribution in [3.63, 3.8) is 0 Å². The molecular weight excluding hydrogens is 127 g/mol. The lowest BCUT2D eigenvalue weighted by Gasteiger charge is -2.12. The highest BCUT2D eigenvalue weighted by Crippen LogP contribution is 1.93. The van der Waals surface area contributed by atoms with Gasteiger partial charge in [0.15, 0.2) is 6.29 Å². The van der Waals surface area contributed by atoms with E-state index in [2.05, 4.69) is 4.65 Å². The van der Waals surface area contributed by atoms with Gasteiger partial charge in [0.1, 0.15) is 6.10 Å². The van der Waals surface area contributed by atoms with Gasteiger partial charge in [-0.15, -0.1) is 0 Å². The summed E-state index contributed by atoms with van der Waals surface area (Å²) in [7, 11) is -2.05. The molecule has 4 N–H and O–H groups in total. The van der Waals surface area contributed by atoms with Gasteiger partial charge in [0.05, 0.1) is 0 Å². The molecule has 0 aliphatic rings. The van der Waals surface area contributed by atoms with Crippen molar-refractivity contribution in [1.82, 2.24) is 0 Å². The van der Waals surface area contributed by atoms with Crippen LogP contribution in [0, 0.1) is 0 Å². The third-order valence-electron chi connectivity index (χ3n) is 0.674. The summed E-state index contributed by atoms with van der Waals surface area (Å²) in [4.78, 5) is 0. The zero-order valence-corrected chi connectivity index (χ0v) is 4.93. The average Bonchev–Trinajstić information content (AvgIpc) is 1.63. The highest BCUT2D eigenvalue weighted by molar-refractivity contribution is 6.32. The van der Waals surface area contributed by atoms with E-state index in [1.165, 1.54) is 6.92 Å². The van der Waals surface area contributed by atoms with Crippen LogP contribution in [0.25, 0.3) is 0 Å². The molecule has 0 aromatic carbocycles. The molecule has 6 heteroatoms. The molecule has 0 spiro atoms. The first-order valence-corrected chi connectivity index (χ1v) is 2.41. The van der Waals surface area contributed by atoms with Gasteiger partial charge in [-0.3, -0.25) is 0 Å². The molecule has 0 fully saturated rings. The number of aliphatic hydroxyl groups is 2. The lowest BCUT2D eigenvalue weighted by molar-refractivity contribution is -0.115. The van der Waals surface area contributed by atoms with Gasteiger partial charge in [-0.05, 0) is 6.92 Å². The minimum absolute atomic E-state index is 1.13. The Morgan fingerprint density at radius 2 is 1.78 bits per heavy atom. The van der Waals surface area contributed by atoms with Crippen LogP contribution < -0.4 is 0 Å². The zero-order chi connectivity index (χ0) is 7.44. The first-order valence-electron chi connectivity index (χ1n) is 2.41. The van der Waals surface area contributed by atoms with Crippen LogP contribution in [0.4, 0.5) is 0 Å². The van der Waals surface area contributed by atoms with E-state index in [0.717, 1.165) is 0 Å². The van der Waals surface area contributed by atoms with Crippen LogP contribution >= 0.6 is 0 Å². The summed E-state index contributed by atoms with van der Waals surface area (Å²) in [6.45, 7) is 1.26. The van der Waals surface area contributed by atoms with Crippen LogP contribution in [-0.2, 0) is 4.65 Å². The van der Waals surface area contributed by atoms with Crippen LogP contribution in [-0.4, -0.2) is 40.0 Å². The molecular formula is C3H9BO5. The van der Waals surface area contributed by atoms with Gasteiger partial charge >= 0.3 is 7.32 Å². The van der Waals surface area contributed by atoms with E-state index < -0.39 is 19.7 Å². The summed E-state index contributed by atoms with van der Waals surface area (Å²) in [5.41, 5.74) is 0. The topological polar surface area (TPSA) is 90.2 Å². The maximum atomic E-state index is 8.50. The van der Waals surface area contributed by atoms with Crippen molar-refractivity contribution in [1.29, 1.82) is 0 Å². The zero-order valence-electron chi connectivity index (χ0n) is 4.93. The molecule has 0 aromatic rings. The van der Waals surface area contributed by atoms with Gasteiger partial charge in [-0.1, -0.05) is 0 Å². The molecule has 0 bridgehead atoms. The molecule has 0 aromatic heterocycles. The molecule has 5 nitrogen and oxygen atoms in total. The first-order chi connectivity index (χ1) is 4.04. The minimum Gasteiger partial charge on any atom is -0.402 e. The van der Waals surface area contributed by atoms with Gasteiger partial charge in [0.2, 0.25) is 0 Å². The van der Waals surface area contributed by atoms with Gasteiger partial charge in [-0.25, -0.2) is 0 Å². The number of hydrogen-bond donors (Lipinski definition) is 4. The van der Waals surface area contributed by atoms with Crippen molar-refractivity contribution in [2.75, 3.05) is 0 Å². The van der Waals surface area contributed by atoms with Crippen molar-refractivity contribution >= 4 is 7.32 Å². The Morgan fingerprint density at radius 3 is 1.89 bits per heavy atom. The van der Waals surface area contributed by atoms with Gasteiger partial charge in [0, 0.05) is 0 Å². The molecule has 0 saturated heterocycles. The number of aliphatic hydroxyl groups excluding tert-OH is 2. The largest absolute Gasteiger partial charge is 0.635 e. The normalized spacial score (nSPS) is 17.0. The van der Waals surface area contributed by atoms with Crippen LogP contribution in [0.5, 0.6) is 0 Å². The Kier molecular flexibility index (Phi) is 3.75. The summed E-state index contributed by atoms with van der Waals surface area (Å²) >= 11 is 0. The SMILES string of the molecule is CC(O)C(O)OB(O)O. The summed E-state index contributed by atoms with van der Waals surface area (Å²) < 4.78 is 3.93. The van der Waals surface area contributed by atoms with E-state index in [1.54, 1.807) is 0 Å². The number of hydrogen-bond acceptors (Lipinski definition) is 5. The molecule has 0 saturated carbocycles. The second-order valence-electron chi connectivity index (χ2n) is 1.59. The molecule has 0 aliphatic carbocycles. The second-order valence-corrected chi connectivity index (χ2v) is 1.59. The van der Waals surface area contributed by atoms with E-state index in [0.29, 0.717) is 0 Å². The third kappa shape index (κ3) is 4.37. The average molecular weight is 136 g/mol. The Labute approximate surface area is 52.7 Å². The Balaban J connectivity index is 3.38. The smallest absolute Gasteiger partial charge is 0.402 e. The molecule has 9 heavy (non-hydrogen) atoms. The summed E-state index contributed by atoms with van der Waals surface area (Å²) in [5, 5.41) is 33.0. The van der Waals surface area contributed by atoms with Gasteiger partial charge in [0.25, 0.3) is 0 Å². The molecule has 2 unspecified atom stereocenters. The Bertz CT molecular complexity index is 74.6. The summed E-state index contributed by atoms with van der Waals surface area (Å²) in [6, 6.07) is 0. The monoisotopic (exact) mass is 136 g/mol. The maximum absolute atomic E-state index is 8.50. The fraction of sp³-hybridized carbons (Fsp3) is 1.00. The fourth-order valence-corrected chi connectivity index (χ4v) is 0.238. The molecule has 54 valence electrons. The molecule has 0 amide bonds. The van der Waals surface area contributed by atoms with E-state index in [-0.39, 0.29) is 0 Å². The van der Waals surface area contributed by atoms with Crippen LogP contribution in [0.1, 0.15) is 6.92 Å². The quantitative estimate of drug-likeness (QED) is 0.258. The van der Waals surface area contributed by atoms with Crippen LogP contribution in [0.15, 0.2) is 0 Å². The van der Waals surface area contributed by atoms with Crippen molar-refractivity contribution in [2.24, 2.45) is 0 Å². The van der Waals surface area contributed by atoms with Crippen LogP contribution in [0.3, 0.4) is 0 Å². The predicted octanol–water partition coefficient (Wildman–Crippen LogP) is -2.33. The van der Waals surface area contributed by atoms with Crippen LogP contribution in [0.2, 0.25) is 0 Å². The lowest BCUT2D eigenvalue weighted by Crippen LogP contribution is -2.33. The highest BCUT2D eigenvalue weighted by atomic mass is 16.7. The van der Waals surface area contributed by atoms with Crippen molar-refractivity contribution in [3.05, 3.63) is 0 Å². The van der Waals surface area contributed by atoms with Gasteiger partial charge < -0.3 is 24.9 Å². The van der Waals surface area contributed by atoms with E-state index in [9.17, 15) is 0 Å². The maximum Gasteiger partial charge on any atom is 0.635 e. The molecule has 0 rings (SSSR count). The standard InChI is InChI=1S/C3H9BO5/c1-2(5)3(6)9-4(7)8/h2-3,5-8H,1H3. The lowest BCUT2D eigenvalue weighted by atomic mass is 10.2. The number of rotatable bonds is 3. The Morgan fingerprint density at radius 1 is 1.33 bits per heavy atom. The summed E-state index contributed by atoms with van der Waals surface area (Å²) in [5.74, 6) is 0. The summed E-state index contributed by atoms with van der Waals surface area (Å²) in [6.07, 6.45) is -2.68. The van der Waals surface area contributed by atoms with Gasteiger partial charge in [-0.2, -0.15) is 0 Å². The van der Waals surface area contributed by atoms with Crippen molar-refractivity contribution in [2.45, 2.75) is 19.3 Å². The second kappa shape index (κ2) is 3.81. The van der Waals surface area contributed by atoms with Crippen molar-refractivity contribution < 1.29 is 24.9 Å². The van der Waals surface area contributed by atoms with E-state index >= 15 is 0 Å². The molecule has 2 atom stereocenters. The predicted molar refractivity (Wildman–Crippen MR) is 29.0 cm³/mol. The first kappa shape index (κ1) is 8.86. The van der Waals surface area contributed by atoms with E-state index in [1.807, 2.05) is 0 Å². The fourth-order valence-electron chi connectivity index (χ4n) is 0.238. The Hall–Kier alpha value is -0.135. The third-order valence-corrected chi connectivity index (χ3v) is 0.674.